The second-order valence-electron chi connectivity index (χ2n) is 6.76. The molecule has 1 aliphatic heterocycles. The van der Waals surface area contributed by atoms with Crippen LogP contribution in [0.1, 0.15) is 31.1 Å². The molecule has 0 aliphatic carbocycles. The number of amides is 1. The lowest BCUT2D eigenvalue weighted by molar-refractivity contribution is 0.0730. The van der Waals surface area contributed by atoms with Gasteiger partial charge in [0.05, 0.1) is 18.1 Å². The summed E-state index contributed by atoms with van der Waals surface area (Å²) in [7, 11) is -3.52. The topological polar surface area (TPSA) is 75.7 Å². The van der Waals surface area contributed by atoms with Crippen LogP contribution in [-0.4, -0.2) is 62.0 Å². The van der Waals surface area contributed by atoms with Crippen molar-refractivity contribution in [3.05, 3.63) is 29.8 Å². The van der Waals surface area contributed by atoms with E-state index in [4.69, 9.17) is 4.74 Å². The first-order valence-corrected chi connectivity index (χ1v) is 10.7. The number of hydrogen-bond donors (Lipinski definition) is 1. The minimum atomic E-state index is -3.52. The van der Waals surface area contributed by atoms with E-state index in [1.165, 1.54) is 16.4 Å². The van der Waals surface area contributed by atoms with Crippen LogP contribution in [-0.2, 0) is 14.8 Å². The highest BCUT2D eigenvalue weighted by atomic mass is 32.2. The molecule has 0 atom stereocenters. The fraction of sp³-hybridized carbons (Fsp3) is 0.588. The maximum atomic E-state index is 12.5. The van der Waals surface area contributed by atoms with Crippen molar-refractivity contribution in [1.82, 2.24) is 9.62 Å². The Bertz CT molecular complexity index is 676. The van der Waals surface area contributed by atoms with Gasteiger partial charge in [0.15, 0.2) is 0 Å². The average Bonchev–Trinajstić information content (AvgIpc) is 2.58. The fourth-order valence-electron chi connectivity index (χ4n) is 2.34. The number of benzene rings is 1. The average molecular weight is 387 g/mol. The standard InChI is InChI=1S/C17H26N2O4S2/c1-17(2,3)24-13-8-18-16(20)14-4-6-15(7-5-14)25(21,22)19-9-11-23-12-10-19/h4-7H,8-13H2,1-3H3,(H,18,20). The zero-order valence-electron chi connectivity index (χ0n) is 14.9. The highest BCUT2D eigenvalue weighted by Crippen LogP contribution is 2.22. The van der Waals surface area contributed by atoms with E-state index in [9.17, 15) is 13.2 Å². The van der Waals surface area contributed by atoms with Crippen LogP contribution in [0.15, 0.2) is 29.2 Å². The Morgan fingerprint density at radius 2 is 1.80 bits per heavy atom. The predicted octanol–water partition coefficient (Wildman–Crippen LogP) is 1.97. The number of hydrogen-bond acceptors (Lipinski definition) is 5. The van der Waals surface area contributed by atoms with Crippen LogP contribution in [0.25, 0.3) is 0 Å². The Morgan fingerprint density at radius 1 is 1.20 bits per heavy atom. The summed E-state index contributed by atoms with van der Waals surface area (Å²) in [5.74, 6) is 0.642. The summed E-state index contributed by atoms with van der Waals surface area (Å²) in [5, 5.41) is 2.86. The van der Waals surface area contributed by atoms with Crippen LogP contribution < -0.4 is 5.32 Å². The highest BCUT2D eigenvalue weighted by molar-refractivity contribution is 8.00. The maximum absolute atomic E-state index is 12.5. The lowest BCUT2D eigenvalue weighted by Gasteiger charge is -2.26. The second-order valence-corrected chi connectivity index (χ2v) is 10.6. The second kappa shape index (κ2) is 8.53. The van der Waals surface area contributed by atoms with Crippen LogP contribution in [0.2, 0.25) is 0 Å². The largest absolute Gasteiger partial charge is 0.379 e. The summed E-state index contributed by atoms with van der Waals surface area (Å²) in [6, 6.07) is 6.09. The molecule has 1 aliphatic rings. The Morgan fingerprint density at radius 3 is 2.36 bits per heavy atom. The lowest BCUT2D eigenvalue weighted by Crippen LogP contribution is -2.40. The number of thioether (sulfide) groups is 1. The van der Waals surface area contributed by atoms with Gasteiger partial charge in [0.2, 0.25) is 10.0 Å². The van der Waals surface area contributed by atoms with Crippen molar-refractivity contribution in [1.29, 1.82) is 0 Å². The number of ether oxygens (including phenoxy) is 1. The van der Waals surface area contributed by atoms with E-state index in [-0.39, 0.29) is 15.5 Å². The molecule has 1 N–H and O–H groups in total. The number of carbonyl (C=O) groups is 1. The van der Waals surface area contributed by atoms with Crippen molar-refractivity contribution in [3.8, 4) is 0 Å². The van der Waals surface area contributed by atoms with Crippen molar-refractivity contribution >= 4 is 27.7 Å². The number of nitrogens with zero attached hydrogens (tertiary/aromatic N) is 1. The molecule has 1 saturated heterocycles. The predicted molar refractivity (Wildman–Crippen MR) is 101 cm³/mol. The van der Waals surface area contributed by atoms with Crippen molar-refractivity contribution < 1.29 is 17.9 Å². The molecule has 1 amide bonds. The molecule has 6 nitrogen and oxygen atoms in total. The highest BCUT2D eigenvalue weighted by Gasteiger charge is 2.26. The molecule has 1 fully saturated rings. The molecule has 8 heteroatoms. The van der Waals surface area contributed by atoms with Gasteiger partial charge in [0, 0.05) is 35.7 Å². The number of sulfonamides is 1. The molecule has 0 bridgehead atoms. The van der Waals surface area contributed by atoms with Crippen molar-refractivity contribution in [3.63, 3.8) is 0 Å². The van der Waals surface area contributed by atoms with Gasteiger partial charge in [-0.1, -0.05) is 20.8 Å². The maximum Gasteiger partial charge on any atom is 0.251 e. The van der Waals surface area contributed by atoms with E-state index in [1.807, 2.05) is 0 Å². The van der Waals surface area contributed by atoms with Gasteiger partial charge in [-0.3, -0.25) is 4.79 Å². The molecule has 1 aromatic carbocycles. The fourth-order valence-corrected chi connectivity index (χ4v) is 4.56. The molecule has 140 valence electrons. The van der Waals surface area contributed by atoms with E-state index in [1.54, 1.807) is 23.9 Å². The van der Waals surface area contributed by atoms with Crippen LogP contribution in [0, 0.1) is 0 Å². The molecular formula is C17H26N2O4S2. The van der Waals surface area contributed by atoms with Crippen LogP contribution in [0.3, 0.4) is 0 Å². The van der Waals surface area contributed by atoms with Gasteiger partial charge in [0.25, 0.3) is 5.91 Å². The third-order valence-corrected chi connectivity index (χ3v) is 6.83. The normalized spacial score (nSPS) is 16.6. The molecule has 0 saturated carbocycles. The van der Waals surface area contributed by atoms with E-state index in [0.717, 1.165) is 5.75 Å². The number of morpholine rings is 1. The summed E-state index contributed by atoms with van der Waals surface area (Å²) in [6.07, 6.45) is 0. The molecular weight excluding hydrogens is 360 g/mol. The molecule has 0 spiro atoms. The summed E-state index contributed by atoms with van der Waals surface area (Å²) in [4.78, 5) is 12.3. The zero-order valence-corrected chi connectivity index (χ0v) is 16.6. The molecule has 0 radical (unpaired) electrons. The van der Waals surface area contributed by atoms with Crippen molar-refractivity contribution in [2.24, 2.45) is 0 Å². The summed E-state index contributed by atoms with van der Waals surface area (Å²) in [5.41, 5.74) is 0.460. The molecule has 2 rings (SSSR count). The summed E-state index contributed by atoms with van der Waals surface area (Å²) < 4.78 is 31.8. The summed E-state index contributed by atoms with van der Waals surface area (Å²) in [6.45, 7) is 8.51. The first-order valence-electron chi connectivity index (χ1n) is 8.30. The monoisotopic (exact) mass is 386 g/mol. The van der Waals surface area contributed by atoms with E-state index in [0.29, 0.717) is 38.4 Å². The van der Waals surface area contributed by atoms with Gasteiger partial charge in [-0.2, -0.15) is 16.1 Å². The Kier molecular flexibility index (Phi) is 6.90. The molecule has 0 unspecified atom stereocenters. The van der Waals surface area contributed by atoms with Crippen LogP contribution in [0.5, 0.6) is 0 Å². The Hall–Kier alpha value is -1.09. The minimum Gasteiger partial charge on any atom is -0.379 e. The number of rotatable bonds is 6. The molecule has 25 heavy (non-hydrogen) atoms. The summed E-state index contributed by atoms with van der Waals surface area (Å²) >= 11 is 1.78. The third kappa shape index (κ3) is 5.99. The van der Waals surface area contributed by atoms with Gasteiger partial charge in [-0.25, -0.2) is 8.42 Å². The van der Waals surface area contributed by atoms with E-state index < -0.39 is 10.0 Å². The first kappa shape index (κ1) is 20.2. The van der Waals surface area contributed by atoms with Gasteiger partial charge >= 0.3 is 0 Å². The van der Waals surface area contributed by atoms with Gasteiger partial charge in [0.1, 0.15) is 0 Å². The van der Waals surface area contributed by atoms with E-state index in [2.05, 4.69) is 26.1 Å². The van der Waals surface area contributed by atoms with E-state index >= 15 is 0 Å². The van der Waals surface area contributed by atoms with Gasteiger partial charge < -0.3 is 10.1 Å². The van der Waals surface area contributed by atoms with Crippen LogP contribution >= 0.6 is 11.8 Å². The van der Waals surface area contributed by atoms with Gasteiger partial charge in [-0.15, -0.1) is 0 Å². The van der Waals surface area contributed by atoms with Gasteiger partial charge in [-0.05, 0) is 24.3 Å². The number of carbonyl (C=O) groups excluding carboxylic acids is 1. The van der Waals surface area contributed by atoms with Crippen LogP contribution in [0.4, 0.5) is 0 Å². The number of nitrogens with one attached hydrogen (secondary N) is 1. The Balaban J connectivity index is 1.93. The first-order chi connectivity index (χ1) is 11.7. The van der Waals surface area contributed by atoms with Crippen molar-refractivity contribution in [2.75, 3.05) is 38.6 Å². The SMILES string of the molecule is CC(C)(C)SCCNC(=O)c1ccc(S(=O)(=O)N2CCOCC2)cc1. The molecule has 0 aromatic heterocycles. The smallest absolute Gasteiger partial charge is 0.251 e. The minimum absolute atomic E-state index is 0.167. The lowest BCUT2D eigenvalue weighted by atomic mass is 10.2. The Labute approximate surface area is 154 Å². The quantitative estimate of drug-likeness (QED) is 0.757. The molecule has 1 heterocycles. The van der Waals surface area contributed by atoms with Crippen molar-refractivity contribution in [2.45, 2.75) is 30.4 Å². The third-order valence-electron chi connectivity index (χ3n) is 3.65. The molecule has 1 aromatic rings. The zero-order chi connectivity index (χ0) is 18.5.